The molecule has 2 aliphatic rings. The molecule has 4 heteroatoms. The van der Waals surface area contributed by atoms with Crippen LogP contribution in [0.2, 0.25) is 0 Å². The third kappa shape index (κ3) is 2.85. The lowest BCUT2D eigenvalue weighted by Gasteiger charge is -2.51. The minimum absolute atomic E-state index is 0.0521. The monoisotopic (exact) mass is 316 g/mol. The maximum atomic E-state index is 12.1. The predicted octanol–water partition coefficient (Wildman–Crippen LogP) is 3.06. The molecule has 1 spiro atoms. The second-order valence-corrected chi connectivity index (χ2v) is 6.90. The summed E-state index contributed by atoms with van der Waals surface area (Å²) in [5.41, 5.74) is 1.37. The number of carbonyl (C=O) groups is 1. The Labute approximate surface area is 139 Å². The molecule has 1 amide bonds. The Morgan fingerprint density at radius 3 is 2.57 bits per heavy atom. The van der Waals surface area contributed by atoms with Crippen molar-refractivity contribution in [2.75, 3.05) is 20.7 Å². The molecule has 126 valence electrons. The first-order valence-corrected chi connectivity index (χ1v) is 8.74. The van der Waals surface area contributed by atoms with E-state index in [1.807, 2.05) is 19.2 Å². The normalized spacial score (nSPS) is 28.6. The van der Waals surface area contributed by atoms with Gasteiger partial charge in [-0.2, -0.15) is 0 Å². The smallest absolute Gasteiger partial charge is 0.222 e. The van der Waals surface area contributed by atoms with E-state index < -0.39 is 0 Å². The number of carbonyl (C=O) groups excluding carboxylic acids is 1. The summed E-state index contributed by atoms with van der Waals surface area (Å²) in [6.45, 7) is 4.33. The van der Waals surface area contributed by atoms with Gasteiger partial charge >= 0.3 is 0 Å². The number of methoxy groups -OCH3 is 1. The lowest BCUT2D eigenvalue weighted by atomic mass is 9.77. The largest absolute Gasteiger partial charge is 0.497 e. The predicted molar refractivity (Wildman–Crippen MR) is 91.5 cm³/mol. The molecule has 1 aromatic carbocycles. The van der Waals surface area contributed by atoms with Crippen molar-refractivity contribution >= 4 is 5.91 Å². The maximum absolute atomic E-state index is 12.1. The first-order valence-electron chi connectivity index (χ1n) is 8.74. The molecule has 0 bridgehead atoms. The molecule has 3 rings (SSSR count). The van der Waals surface area contributed by atoms with E-state index in [2.05, 4.69) is 28.9 Å². The fraction of sp³-hybridized carbons (Fsp3) is 0.632. The van der Waals surface area contributed by atoms with Gasteiger partial charge in [0.25, 0.3) is 0 Å². The Bertz CT molecular complexity index is 557. The van der Waals surface area contributed by atoms with Gasteiger partial charge < -0.3 is 9.64 Å². The molecule has 2 fully saturated rings. The minimum atomic E-state index is 0.0521. The van der Waals surface area contributed by atoms with Crippen LogP contribution < -0.4 is 4.74 Å². The SMILES string of the molecule is CC[C@@H]1N(Cc2ccc(OC)cc2)CCC[C@]12CCC(=O)N2C. The highest BCUT2D eigenvalue weighted by Crippen LogP contribution is 2.42. The average Bonchev–Trinajstić information content (AvgIpc) is 2.85. The van der Waals surface area contributed by atoms with E-state index in [0.29, 0.717) is 18.4 Å². The van der Waals surface area contributed by atoms with Crippen LogP contribution in [0.4, 0.5) is 0 Å². The summed E-state index contributed by atoms with van der Waals surface area (Å²) in [6, 6.07) is 8.81. The first-order chi connectivity index (χ1) is 11.1. The molecule has 2 saturated heterocycles. The van der Waals surface area contributed by atoms with Gasteiger partial charge in [-0.25, -0.2) is 0 Å². The van der Waals surface area contributed by atoms with E-state index in [9.17, 15) is 4.79 Å². The Hall–Kier alpha value is -1.55. The fourth-order valence-electron chi connectivity index (χ4n) is 4.63. The summed E-state index contributed by atoms with van der Waals surface area (Å²) in [7, 11) is 3.71. The highest BCUT2D eigenvalue weighted by Gasteiger charge is 2.51. The zero-order valence-corrected chi connectivity index (χ0v) is 14.5. The number of nitrogens with zero attached hydrogens (tertiary/aromatic N) is 2. The number of likely N-dealkylation sites (tertiary alicyclic amines) is 2. The summed E-state index contributed by atoms with van der Waals surface area (Å²) in [5, 5.41) is 0. The van der Waals surface area contributed by atoms with Crippen molar-refractivity contribution in [3.05, 3.63) is 29.8 Å². The number of likely N-dealkylation sites (N-methyl/N-ethyl adjacent to an activating group) is 1. The third-order valence-corrected chi connectivity index (χ3v) is 5.86. The Morgan fingerprint density at radius 2 is 2.00 bits per heavy atom. The van der Waals surface area contributed by atoms with Gasteiger partial charge in [0.1, 0.15) is 5.75 Å². The van der Waals surface area contributed by atoms with Gasteiger partial charge in [0.15, 0.2) is 0 Å². The number of ether oxygens (including phenoxy) is 1. The van der Waals surface area contributed by atoms with E-state index in [-0.39, 0.29) is 5.54 Å². The van der Waals surface area contributed by atoms with Crippen LogP contribution in [-0.4, -0.2) is 48.0 Å². The molecule has 0 saturated carbocycles. The second kappa shape index (κ2) is 6.52. The molecule has 4 nitrogen and oxygen atoms in total. The number of piperidine rings is 1. The van der Waals surface area contributed by atoms with E-state index in [4.69, 9.17) is 4.74 Å². The standard InChI is InChI=1S/C19H28N2O2/c1-4-17-19(12-10-18(22)20(19)2)11-5-13-21(17)14-15-6-8-16(23-3)9-7-15/h6-9,17H,4-5,10-14H2,1-3H3/t17-,19-/m0/s1. The van der Waals surface area contributed by atoms with E-state index in [1.54, 1.807) is 7.11 Å². The van der Waals surface area contributed by atoms with Crippen molar-refractivity contribution in [1.29, 1.82) is 0 Å². The topological polar surface area (TPSA) is 32.8 Å². The number of amides is 1. The van der Waals surface area contributed by atoms with Crippen LogP contribution in [0, 0.1) is 0 Å². The van der Waals surface area contributed by atoms with Crippen LogP contribution in [0.25, 0.3) is 0 Å². The molecule has 0 radical (unpaired) electrons. The molecular weight excluding hydrogens is 288 g/mol. The minimum Gasteiger partial charge on any atom is -0.497 e. The van der Waals surface area contributed by atoms with Gasteiger partial charge in [-0.1, -0.05) is 19.1 Å². The van der Waals surface area contributed by atoms with Crippen molar-refractivity contribution in [3.8, 4) is 5.75 Å². The zero-order chi connectivity index (χ0) is 16.4. The molecule has 0 unspecified atom stereocenters. The van der Waals surface area contributed by atoms with Crippen molar-refractivity contribution in [3.63, 3.8) is 0 Å². The third-order valence-electron chi connectivity index (χ3n) is 5.86. The molecule has 2 atom stereocenters. The van der Waals surface area contributed by atoms with Crippen LogP contribution >= 0.6 is 0 Å². The Kier molecular flexibility index (Phi) is 4.62. The van der Waals surface area contributed by atoms with Crippen molar-refractivity contribution in [2.24, 2.45) is 0 Å². The van der Waals surface area contributed by atoms with Gasteiger partial charge in [-0.3, -0.25) is 9.69 Å². The summed E-state index contributed by atoms with van der Waals surface area (Å²) in [4.78, 5) is 16.8. The average molecular weight is 316 g/mol. The molecule has 0 aromatic heterocycles. The molecule has 2 heterocycles. The van der Waals surface area contributed by atoms with Gasteiger partial charge in [-0.05, 0) is 49.9 Å². The van der Waals surface area contributed by atoms with Gasteiger partial charge in [-0.15, -0.1) is 0 Å². The number of rotatable bonds is 4. The molecular formula is C19H28N2O2. The molecule has 1 aromatic rings. The Morgan fingerprint density at radius 1 is 1.26 bits per heavy atom. The highest BCUT2D eigenvalue weighted by molar-refractivity contribution is 5.79. The van der Waals surface area contributed by atoms with Crippen LogP contribution in [0.1, 0.15) is 44.6 Å². The zero-order valence-electron chi connectivity index (χ0n) is 14.5. The number of hydrogen-bond donors (Lipinski definition) is 0. The summed E-state index contributed by atoms with van der Waals surface area (Å²) in [6.07, 6.45) is 5.13. The van der Waals surface area contributed by atoms with E-state index in [1.165, 1.54) is 12.0 Å². The van der Waals surface area contributed by atoms with E-state index >= 15 is 0 Å². The maximum Gasteiger partial charge on any atom is 0.222 e. The fourth-order valence-corrected chi connectivity index (χ4v) is 4.63. The van der Waals surface area contributed by atoms with E-state index in [0.717, 1.165) is 38.1 Å². The van der Waals surface area contributed by atoms with Gasteiger partial charge in [0, 0.05) is 26.1 Å². The van der Waals surface area contributed by atoms with Crippen LogP contribution in [-0.2, 0) is 11.3 Å². The van der Waals surface area contributed by atoms with Crippen molar-refractivity contribution in [2.45, 2.75) is 57.2 Å². The number of benzene rings is 1. The van der Waals surface area contributed by atoms with Crippen molar-refractivity contribution < 1.29 is 9.53 Å². The molecule has 0 N–H and O–H groups in total. The Balaban J connectivity index is 1.79. The van der Waals surface area contributed by atoms with Crippen LogP contribution in [0.15, 0.2) is 24.3 Å². The summed E-state index contributed by atoms with van der Waals surface area (Å²) in [5.74, 6) is 1.21. The van der Waals surface area contributed by atoms with Crippen molar-refractivity contribution in [1.82, 2.24) is 9.80 Å². The van der Waals surface area contributed by atoms with Gasteiger partial charge in [0.2, 0.25) is 5.91 Å². The summed E-state index contributed by atoms with van der Waals surface area (Å²) < 4.78 is 5.25. The number of hydrogen-bond acceptors (Lipinski definition) is 3. The molecule has 2 aliphatic heterocycles. The molecule has 0 aliphatic carbocycles. The second-order valence-electron chi connectivity index (χ2n) is 6.90. The first kappa shape index (κ1) is 16.3. The molecule has 23 heavy (non-hydrogen) atoms. The van der Waals surface area contributed by atoms with Crippen LogP contribution in [0.3, 0.4) is 0 Å². The summed E-state index contributed by atoms with van der Waals surface area (Å²) >= 11 is 0. The van der Waals surface area contributed by atoms with Gasteiger partial charge in [0.05, 0.1) is 12.6 Å². The lowest BCUT2D eigenvalue weighted by Crippen LogP contribution is -2.61. The van der Waals surface area contributed by atoms with Crippen LogP contribution in [0.5, 0.6) is 5.75 Å². The lowest BCUT2D eigenvalue weighted by molar-refractivity contribution is -0.133. The quantitative estimate of drug-likeness (QED) is 0.856. The highest BCUT2D eigenvalue weighted by atomic mass is 16.5.